The van der Waals surface area contributed by atoms with Crippen LogP contribution in [-0.2, 0) is 14.8 Å². The van der Waals surface area contributed by atoms with Crippen LogP contribution in [0.15, 0.2) is 4.99 Å². The van der Waals surface area contributed by atoms with Crippen LogP contribution in [0, 0.1) is 5.92 Å². The molecular formula is C17H30F3N5O3S. The number of rotatable bonds is 6. The molecule has 2 rings (SSSR count). The van der Waals surface area contributed by atoms with E-state index in [9.17, 15) is 26.4 Å². The van der Waals surface area contributed by atoms with Gasteiger partial charge in [0.1, 0.15) is 6.54 Å². The molecule has 0 aromatic carbocycles. The summed E-state index contributed by atoms with van der Waals surface area (Å²) in [6.07, 6.45) is 4.97. The molecule has 1 saturated heterocycles. The van der Waals surface area contributed by atoms with Gasteiger partial charge in [0.05, 0.1) is 0 Å². The second-order valence-electron chi connectivity index (χ2n) is 7.75. The number of sulfonamides is 1. The number of carbonyl (C=O) groups is 1. The Morgan fingerprint density at radius 3 is 2.24 bits per heavy atom. The summed E-state index contributed by atoms with van der Waals surface area (Å²) in [5.41, 5.74) is -5.26. The predicted octanol–water partition coefficient (Wildman–Crippen LogP) is 1.11. The van der Waals surface area contributed by atoms with Gasteiger partial charge in [-0.1, -0.05) is 12.8 Å². The Morgan fingerprint density at radius 2 is 1.72 bits per heavy atom. The van der Waals surface area contributed by atoms with E-state index in [2.05, 4.69) is 15.6 Å². The second kappa shape index (κ2) is 9.96. The van der Waals surface area contributed by atoms with E-state index in [4.69, 9.17) is 0 Å². The fourth-order valence-corrected chi connectivity index (χ4v) is 4.43. The minimum absolute atomic E-state index is 0.00265. The molecule has 2 aliphatic rings. The number of carbonyl (C=O) groups excluding carboxylic acids is 1. The van der Waals surface area contributed by atoms with E-state index >= 15 is 0 Å². The first-order valence-electron chi connectivity index (χ1n) is 9.82. The SMILES string of the molecule is CN(C)C(=O)CN=C(NCC1CCN(S(=O)(=O)C(F)(F)F)CC1)NC1CCCC1. The van der Waals surface area contributed by atoms with Gasteiger partial charge in [0.25, 0.3) is 0 Å². The molecule has 0 spiro atoms. The van der Waals surface area contributed by atoms with Gasteiger partial charge in [-0.3, -0.25) is 4.79 Å². The van der Waals surface area contributed by atoms with Gasteiger partial charge in [-0.05, 0) is 31.6 Å². The minimum Gasteiger partial charge on any atom is -0.356 e. The maximum Gasteiger partial charge on any atom is 0.511 e. The van der Waals surface area contributed by atoms with E-state index in [1.54, 1.807) is 14.1 Å². The molecule has 0 aromatic rings. The van der Waals surface area contributed by atoms with Gasteiger partial charge in [0.2, 0.25) is 5.91 Å². The lowest BCUT2D eigenvalue weighted by Crippen LogP contribution is -2.48. The van der Waals surface area contributed by atoms with Crippen molar-refractivity contribution in [1.29, 1.82) is 0 Å². The molecule has 29 heavy (non-hydrogen) atoms. The number of alkyl halides is 3. The first kappa shape index (κ1) is 23.7. The third-order valence-electron chi connectivity index (χ3n) is 5.33. The lowest BCUT2D eigenvalue weighted by Gasteiger charge is -2.32. The second-order valence-corrected chi connectivity index (χ2v) is 9.68. The summed E-state index contributed by atoms with van der Waals surface area (Å²) < 4.78 is 61.5. The molecular weight excluding hydrogens is 411 g/mol. The van der Waals surface area contributed by atoms with Crippen LogP contribution in [0.3, 0.4) is 0 Å². The molecule has 2 N–H and O–H groups in total. The molecule has 12 heteroatoms. The Kier molecular flexibility index (Phi) is 8.15. The molecule has 1 amide bonds. The number of hydrogen-bond acceptors (Lipinski definition) is 4. The zero-order chi connectivity index (χ0) is 21.7. The number of guanidine groups is 1. The number of halogens is 3. The quantitative estimate of drug-likeness (QED) is 0.476. The van der Waals surface area contributed by atoms with E-state index in [0.29, 0.717) is 29.7 Å². The maximum absolute atomic E-state index is 12.7. The van der Waals surface area contributed by atoms with Gasteiger partial charge in [-0.15, -0.1) is 0 Å². The highest BCUT2D eigenvalue weighted by Crippen LogP contribution is 2.30. The summed E-state index contributed by atoms with van der Waals surface area (Å²) in [6.45, 7) is 0.137. The topological polar surface area (TPSA) is 94.1 Å². The van der Waals surface area contributed by atoms with Crippen molar-refractivity contribution in [2.24, 2.45) is 10.9 Å². The van der Waals surface area contributed by atoms with Gasteiger partial charge >= 0.3 is 15.5 Å². The Bertz CT molecular complexity index is 683. The van der Waals surface area contributed by atoms with Gasteiger partial charge in [0.15, 0.2) is 5.96 Å². The van der Waals surface area contributed by atoms with Crippen LogP contribution < -0.4 is 10.6 Å². The van der Waals surface area contributed by atoms with Crippen LogP contribution in [0.25, 0.3) is 0 Å². The van der Waals surface area contributed by atoms with Crippen molar-refractivity contribution in [3.05, 3.63) is 0 Å². The standard InChI is InChI=1S/C17H30F3N5O3S/c1-24(2)15(26)12-22-16(23-14-5-3-4-6-14)21-11-13-7-9-25(10-8-13)29(27,28)17(18,19)20/h13-14H,3-12H2,1-2H3,(H2,21,22,23). The average molecular weight is 442 g/mol. The monoisotopic (exact) mass is 441 g/mol. The van der Waals surface area contributed by atoms with E-state index in [-0.39, 0.29) is 37.5 Å². The van der Waals surface area contributed by atoms with Crippen molar-refractivity contribution < 1.29 is 26.4 Å². The summed E-state index contributed by atoms with van der Waals surface area (Å²) >= 11 is 0. The number of nitrogens with one attached hydrogen (secondary N) is 2. The molecule has 1 saturated carbocycles. The number of hydrogen-bond donors (Lipinski definition) is 2. The third kappa shape index (κ3) is 6.73. The first-order chi connectivity index (χ1) is 13.5. The van der Waals surface area contributed by atoms with E-state index in [1.807, 2.05) is 0 Å². The molecule has 1 aliphatic heterocycles. The molecule has 0 radical (unpaired) electrons. The summed E-state index contributed by atoms with van der Waals surface area (Å²) in [5, 5.41) is 6.49. The predicted molar refractivity (Wildman–Crippen MR) is 104 cm³/mol. The number of nitrogens with zero attached hydrogens (tertiary/aromatic N) is 3. The highest BCUT2D eigenvalue weighted by atomic mass is 32.2. The lowest BCUT2D eigenvalue weighted by atomic mass is 9.98. The fraction of sp³-hybridized carbons (Fsp3) is 0.882. The Morgan fingerprint density at radius 1 is 1.14 bits per heavy atom. The normalized spacial score (nSPS) is 20.7. The molecule has 8 nitrogen and oxygen atoms in total. The summed E-state index contributed by atoms with van der Waals surface area (Å²) in [6, 6.07) is 0.287. The molecule has 2 fully saturated rings. The van der Waals surface area contributed by atoms with Crippen LogP contribution in [0.1, 0.15) is 38.5 Å². The van der Waals surface area contributed by atoms with Crippen molar-refractivity contribution in [3.63, 3.8) is 0 Å². The number of likely N-dealkylation sites (N-methyl/N-ethyl adjacent to an activating group) is 1. The van der Waals surface area contributed by atoms with E-state index in [1.165, 1.54) is 4.90 Å². The molecule has 0 aromatic heterocycles. The molecule has 1 heterocycles. The van der Waals surface area contributed by atoms with Crippen molar-refractivity contribution in [1.82, 2.24) is 19.8 Å². The lowest BCUT2D eigenvalue weighted by molar-refractivity contribution is -0.127. The van der Waals surface area contributed by atoms with Crippen LogP contribution in [0.5, 0.6) is 0 Å². The van der Waals surface area contributed by atoms with E-state index in [0.717, 1.165) is 25.7 Å². The Labute approximate surface area is 170 Å². The Balaban J connectivity index is 1.88. The first-order valence-corrected chi connectivity index (χ1v) is 11.3. The largest absolute Gasteiger partial charge is 0.511 e. The molecule has 1 aliphatic carbocycles. The van der Waals surface area contributed by atoms with Gasteiger partial charge in [0, 0.05) is 39.8 Å². The molecule has 0 atom stereocenters. The van der Waals surface area contributed by atoms with Crippen molar-refractivity contribution in [2.75, 3.05) is 40.3 Å². The van der Waals surface area contributed by atoms with Crippen LogP contribution in [0.2, 0.25) is 0 Å². The highest BCUT2D eigenvalue weighted by Gasteiger charge is 2.50. The van der Waals surface area contributed by atoms with Crippen LogP contribution in [0.4, 0.5) is 13.2 Å². The number of amides is 1. The van der Waals surface area contributed by atoms with Gasteiger partial charge in [-0.25, -0.2) is 13.4 Å². The molecule has 168 valence electrons. The van der Waals surface area contributed by atoms with Crippen molar-refractivity contribution >= 4 is 21.9 Å². The molecule has 0 bridgehead atoms. The van der Waals surface area contributed by atoms with E-state index < -0.39 is 15.5 Å². The van der Waals surface area contributed by atoms with Crippen molar-refractivity contribution in [3.8, 4) is 0 Å². The third-order valence-corrected chi connectivity index (χ3v) is 6.96. The Hall–Kier alpha value is -1.56. The van der Waals surface area contributed by atoms with Gasteiger partial charge < -0.3 is 15.5 Å². The minimum atomic E-state index is -5.26. The number of aliphatic imine (C=N–C) groups is 1. The average Bonchev–Trinajstić information content (AvgIpc) is 3.16. The smallest absolute Gasteiger partial charge is 0.356 e. The number of piperidine rings is 1. The fourth-order valence-electron chi connectivity index (χ4n) is 3.45. The summed E-state index contributed by atoms with van der Waals surface area (Å²) in [5.74, 6) is 0.399. The highest BCUT2D eigenvalue weighted by molar-refractivity contribution is 7.90. The maximum atomic E-state index is 12.7. The van der Waals surface area contributed by atoms with Crippen molar-refractivity contribution in [2.45, 2.75) is 50.1 Å². The van der Waals surface area contributed by atoms with Crippen LogP contribution >= 0.6 is 0 Å². The summed E-state index contributed by atoms with van der Waals surface area (Å²) in [7, 11) is -1.96. The van der Waals surface area contributed by atoms with Crippen LogP contribution in [-0.4, -0.2) is 81.3 Å². The zero-order valence-electron chi connectivity index (χ0n) is 16.8. The van der Waals surface area contributed by atoms with Gasteiger partial charge in [-0.2, -0.15) is 17.5 Å². The molecule has 0 unspecified atom stereocenters. The summed E-state index contributed by atoms with van der Waals surface area (Å²) in [4.78, 5) is 17.6. The zero-order valence-corrected chi connectivity index (χ0v) is 17.7.